The van der Waals surface area contributed by atoms with Gasteiger partial charge in [0.2, 0.25) is 0 Å². The van der Waals surface area contributed by atoms with Crippen molar-refractivity contribution < 1.29 is 0 Å². The average Bonchev–Trinajstić information content (AvgIpc) is 2.19. The molecule has 78 valence electrons. The molecule has 0 atom stereocenters. The second-order valence-corrected chi connectivity index (χ2v) is 3.41. The van der Waals surface area contributed by atoms with Gasteiger partial charge < -0.3 is 0 Å². The summed E-state index contributed by atoms with van der Waals surface area (Å²) in [5.74, 6) is 0. The van der Waals surface area contributed by atoms with Gasteiger partial charge in [0.25, 0.3) is 0 Å². The molecule has 0 spiro atoms. The van der Waals surface area contributed by atoms with Gasteiger partial charge in [-0.25, -0.2) is 0 Å². The highest BCUT2D eigenvalue weighted by atomic mass is 14.0. The Balaban J connectivity index is 0.000000791. The Morgan fingerprint density at radius 3 is 2.21 bits per heavy atom. The molecule has 0 unspecified atom stereocenters. The first-order valence-corrected chi connectivity index (χ1v) is 5.38. The van der Waals surface area contributed by atoms with Gasteiger partial charge in [0.05, 0.1) is 0 Å². The van der Waals surface area contributed by atoms with Gasteiger partial charge in [-0.05, 0) is 38.3 Å². The quantitative estimate of drug-likeness (QED) is 0.601. The van der Waals surface area contributed by atoms with Crippen molar-refractivity contribution in [2.24, 2.45) is 0 Å². The number of allylic oxidation sites excluding steroid dienone is 2. The maximum Gasteiger partial charge on any atom is -0.00924 e. The fourth-order valence-electron chi connectivity index (χ4n) is 1.15. The number of hydrogen-bond acceptors (Lipinski definition) is 0. The minimum Gasteiger partial charge on any atom is -0.0815 e. The number of benzene rings is 1. The van der Waals surface area contributed by atoms with Crippen LogP contribution in [-0.4, -0.2) is 0 Å². The van der Waals surface area contributed by atoms with Gasteiger partial charge in [0.15, 0.2) is 0 Å². The van der Waals surface area contributed by atoms with Crippen molar-refractivity contribution in [2.75, 3.05) is 0 Å². The van der Waals surface area contributed by atoms with E-state index in [0.717, 1.165) is 6.42 Å². The summed E-state index contributed by atoms with van der Waals surface area (Å²) in [6.07, 6.45) is 3.33. The van der Waals surface area contributed by atoms with Crippen LogP contribution in [0.15, 0.2) is 35.9 Å². The highest BCUT2D eigenvalue weighted by molar-refractivity contribution is 5.27. The third-order valence-electron chi connectivity index (χ3n) is 1.99. The fraction of sp³-hybridized carbons (Fsp3) is 0.429. The maximum atomic E-state index is 2.27. The van der Waals surface area contributed by atoms with E-state index in [1.807, 2.05) is 13.8 Å². The summed E-state index contributed by atoms with van der Waals surface area (Å²) in [5.41, 5.74) is 4.20. The average molecular weight is 190 g/mol. The van der Waals surface area contributed by atoms with E-state index in [9.17, 15) is 0 Å². The SMILES string of the molecule is CC.CC(C)=CCc1ccccc1C. The molecule has 0 N–H and O–H groups in total. The Morgan fingerprint density at radius 2 is 1.71 bits per heavy atom. The molecule has 0 saturated carbocycles. The van der Waals surface area contributed by atoms with E-state index in [-0.39, 0.29) is 0 Å². The van der Waals surface area contributed by atoms with E-state index in [0.29, 0.717) is 0 Å². The fourth-order valence-corrected chi connectivity index (χ4v) is 1.15. The van der Waals surface area contributed by atoms with Crippen LogP contribution in [0.1, 0.15) is 38.8 Å². The number of rotatable bonds is 2. The summed E-state index contributed by atoms with van der Waals surface area (Å²) >= 11 is 0. The standard InChI is InChI=1S/C12H16.C2H6/c1-10(2)8-9-12-7-5-4-6-11(12)3;1-2/h4-8H,9H2,1-3H3;1-2H3. The van der Waals surface area contributed by atoms with Gasteiger partial charge in [-0.2, -0.15) is 0 Å². The number of hydrogen-bond donors (Lipinski definition) is 0. The molecule has 0 nitrogen and oxygen atoms in total. The van der Waals surface area contributed by atoms with Crippen LogP contribution in [0.2, 0.25) is 0 Å². The molecule has 0 bridgehead atoms. The summed E-state index contributed by atoms with van der Waals surface area (Å²) in [6.45, 7) is 10.4. The van der Waals surface area contributed by atoms with Gasteiger partial charge in [-0.15, -0.1) is 0 Å². The second-order valence-electron chi connectivity index (χ2n) is 3.41. The molecule has 1 aromatic rings. The maximum absolute atomic E-state index is 2.27. The van der Waals surface area contributed by atoms with Crippen molar-refractivity contribution in [3.05, 3.63) is 47.0 Å². The normalized spacial score (nSPS) is 8.64. The molecule has 0 amide bonds. The highest BCUT2D eigenvalue weighted by Crippen LogP contribution is 2.08. The predicted octanol–water partition coefficient (Wildman–Crippen LogP) is 4.53. The lowest BCUT2D eigenvalue weighted by atomic mass is 10.1. The Kier molecular flexibility index (Phi) is 6.82. The van der Waals surface area contributed by atoms with E-state index in [1.165, 1.54) is 16.7 Å². The van der Waals surface area contributed by atoms with E-state index in [1.54, 1.807) is 0 Å². The third-order valence-corrected chi connectivity index (χ3v) is 1.99. The van der Waals surface area contributed by atoms with Crippen molar-refractivity contribution in [2.45, 2.75) is 41.0 Å². The van der Waals surface area contributed by atoms with Crippen molar-refractivity contribution in [1.82, 2.24) is 0 Å². The molecular weight excluding hydrogens is 168 g/mol. The highest BCUT2D eigenvalue weighted by Gasteiger charge is 1.92. The first kappa shape index (κ1) is 13.0. The van der Waals surface area contributed by atoms with E-state index in [4.69, 9.17) is 0 Å². The summed E-state index contributed by atoms with van der Waals surface area (Å²) in [4.78, 5) is 0. The topological polar surface area (TPSA) is 0 Å². The summed E-state index contributed by atoms with van der Waals surface area (Å²) in [6, 6.07) is 8.53. The molecule has 0 aromatic heterocycles. The lowest BCUT2D eigenvalue weighted by Crippen LogP contribution is -1.85. The van der Waals surface area contributed by atoms with Crippen molar-refractivity contribution in [3.8, 4) is 0 Å². The van der Waals surface area contributed by atoms with Crippen LogP contribution in [0, 0.1) is 6.92 Å². The third kappa shape index (κ3) is 4.86. The molecule has 1 aromatic carbocycles. The van der Waals surface area contributed by atoms with Gasteiger partial charge in [0, 0.05) is 0 Å². The monoisotopic (exact) mass is 190 g/mol. The minimum atomic E-state index is 1.06. The summed E-state index contributed by atoms with van der Waals surface area (Å²) in [7, 11) is 0. The van der Waals surface area contributed by atoms with Crippen LogP contribution in [0.25, 0.3) is 0 Å². The smallest absolute Gasteiger partial charge is 0.00924 e. The van der Waals surface area contributed by atoms with Crippen LogP contribution in [0.3, 0.4) is 0 Å². The Bertz CT molecular complexity index is 278. The zero-order valence-electron chi connectivity index (χ0n) is 10.1. The molecule has 0 aliphatic carbocycles. The van der Waals surface area contributed by atoms with Crippen molar-refractivity contribution in [3.63, 3.8) is 0 Å². The molecule has 0 heteroatoms. The molecular formula is C14H22. The molecule has 0 aliphatic rings. The van der Waals surface area contributed by atoms with Crippen LogP contribution < -0.4 is 0 Å². The molecule has 1 rings (SSSR count). The van der Waals surface area contributed by atoms with Crippen molar-refractivity contribution in [1.29, 1.82) is 0 Å². The molecule has 0 fully saturated rings. The van der Waals surface area contributed by atoms with Crippen LogP contribution in [0.5, 0.6) is 0 Å². The van der Waals surface area contributed by atoms with Crippen LogP contribution in [-0.2, 0) is 6.42 Å². The van der Waals surface area contributed by atoms with E-state index < -0.39 is 0 Å². The van der Waals surface area contributed by atoms with Gasteiger partial charge in [-0.1, -0.05) is 49.8 Å². The Morgan fingerprint density at radius 1 is 1.14 bits per heavy atom. The Labute approximate surface area is 88.7 Å². The molecule has 0 radical (unpaired) electrons. The Hall–Kier alpha value is -1.04. The lowest BCUT2D eigenvalue weighted by molar-refractivity contribution is 1.18. The molecule has 0 heterocycles. The zero-order valence-corrected chi connectivity index (χ0v) is 10.1. The summed E-state index contributed by atoms with van der Waals surface area (Å²) in [5, 5.41) is 0. The minimum absolute atomic E-state index is 1.06. The largest absolute Gasteiger partial charge is 0.0815 e. The van der Waals surface area contributed by atoms with Crippen molar-refractivity contribution >= 4 is 0 Å². The summed E-state index contributed by atoms with van der Waals surface area (Å²) < 4.78 is 0. The van der Waals surface area contributed by atoms with Gasteiger partial charge in [-0.3, -0.25) is 0 Å². The first-order valence-electron chi connectivity index (χ1n) is 5.38. The zero-order chi connectivity index (χ0) is 11.0. The number of aryl methyl sites for hydroxylation is 1. The first-order chi connectivity index (χ1) is 6.70. The predicted molar refractivity (Wildman–Crippen MR) is 65.7 cm³/mol. The van der Waals surface area contributed by atoms with Crippen LogP contribution in [0.4, 0.5) is 0 Å². The molecule has 14 heavy (non-hydrogen) atoms. The van der Waals surface area contributed by atoms with E-state index in [2.05, 4.69) is 51.1 Å². The second kappa shape index (κ2) is 7.37. The van der Waals surface area contributed by atoms with Crippen LogP contribution >= 0.6 is 0 Å². The van der Waals surface area contributed by atoms with Gasteiger partial charge in [0.1, 0.15) is 0 Å². The van der Waals surface area contributed by atoms with E-state index >= 15 is 0 Å². The molecule has 0 saturated heterocycles. The van der Waals surface area contributed by atoms with Gasteiger partial charge >= 0.3 is 0 Å². The molecule has 0 aliphatic heterocycles. The lowest BCUT2D eigenvalue weighted by Gasteiger charge is -2.01.